The Hall–Kier alpha value is -2.58. The van der Waals surface area contributed by atoms with Crippen LogP contribution in [0, 0.1) is 5.82 Å². The minimum atomic E-state index is -0.924. The van der Waals surface area contributed by atoms with Gasteiger partial charge in [0.05, 0.1) is 23.1 Å². The highest BCUT2D eigenvalue weighted by Gasteiger charge is 2.34. The van der Waals surface area contributed by atoms with E-state index in [9.17, 15) is 14.3 Å². The number of halogens is 1. The second-order valence-electron chi connectivity index (χ2n) is 7.47. The van der Waals surface area contributed by atoms with Crippen LogP contribution in [0.2, 0.25) is 0 Å². The van der Waals surface area contributed by atoms with E-state index in [0.717, 1.165) is 22.8 Å². The second-order valence-corrected chi connectivity index (χ2v) is 8.31. The summed E-state index contributed by atoms with van der Waals surface area (Å²) in [7, 11) is 0. The lowest BCUT2D eigenvalue weighted by molar-refractivity contribution is -0.0162. The van der Waals surface area contributed by atoms with E-state index in [1.807, 2.05) is 18.4 Å². The number of hydrogen-bond donors (Lipinski definition) is 1. The Balaban J connectivity index is 1.39. The molecule has 1 N–H and O–H groups in total. The summed E-state index contributed by atoms with van der Waals surface area (Å²) in [5.41, 5.74) is 1.35. The zero-order valence-corrected chi connectivity index (χ0v) is 17.0. The van der Waals surface area contributed by atoms with Gasteiger partial charge in [0, 0.05) is 31.1 Å². The van der Waals surface area contributed by atoms with Crippen LogP contribution in [0.3, 0.4) is 0 Å². The molecule has 0 bridgehead atoms. The average Bonchev–Trinajstić information content (AvgIpc) is 3.37. The van der Waals surface area contributed by atoms with Crippen molar-refractivity contribution in [3.63, 3.8) is 0 Å². The van der Waals surface area contributed by atoms with Crippen LogP contribution in [0.1, 0.15) is 41.4 Å². The lowest BCUT2D eigenvalue weighted by Crippen LogP contribution is -2.47. The number of nitrogens with zero attached hydrogens (tertiary/aromatic N) is 4. The van der Waals surface area contributed by atoms with Crippen molar-refractivity contribution < 1.29 is 14.3 Å². The fraction of sp³-hybridized carbons (Fsp3) is 0.381. The fourth-order valence-electron chi connectivity index (χ4n) is 3.61. The molecule has 0 saturated carbocycles. The number of aliphatic hydroxyl groups is 1. The Morgan fingerprint density at radius 3 is 2.83 bits per heavy atom. The Morgan fingerprint density at radius 2 is 2.14 bits per heavy atom. The van der Waals surface area contributed by atoms with Crippen LogP contribution >= 0.6 is 11.3 Å². The molecule has 0 unspecified atom stereocenters. The molecule has 1 fully saturated rings. The molecule has 1 aliphatic rings. The Bertz CT molecular complexity index is 1010. The van der Waals surface area contributed by atoms with E-state index in [2.05, 4.69) is 10.1 Å². The minimum absolute atomic E-state index is 0.101. The smallest absolute Gasteiger partial charge is 0.257 e. The lowest BCUT2D eigenvalue weighted by Gasteiger charge is -2.38. The van der Waals surface area contributed by atoms with Gasteiger partial charge >= 0.3 is 0 Å². The first-order valence-corrected chi connectivity index (χ1v) is 10.6. The number of aryl methyl sites for hydroxylation is 1. The van der Waals surface area contributed by atoms with E-state index in [1.165, 1.54) is 23.5 Å². The second kappa shape index (κ2) is 8.04. The number of aromatic nitrogens is 3. The van der Waals surface area contributed by atoms with Gasteiger partial charge in [-0.1, -0.05) is 19.1 Å². The first-order chi connectivity index (χ1) is 14.0. The van der Waals surface area contributed by atoms with Gasteiger partial charge in [-0.15, -0.1) is 11.3 Å². The summed E-state index contributed by atoms with van der Waals surface area (Å²) < 4.78 is 15.0. The molecular weight excluding hydrogens is 391 g/mol. The topological polar surface area (TPSA) is 71.2 Å². The monoisotopic (exact) mass is 414 g/mol. The molecule has 8 heteroatoms. The van der Waals surface area contributed by atoms with E-state index < -0.39 is 5.60 Å². The highest BCUT2D eigenvalue weighted by molar-refractivity contribution is 7.12. The molecule has 1 saturated heterocycles. The van der Waals surface area contributed by atoms with Crippen LogP contribution in [0.4, 0.5) is 4.39 Å². The first-order valence-electron chi connectivity index (χ1n) is 9.71. The third-order valence-electron chi connectivity index (χ3n) is 5.33. The maximum absolute atomic E-state index is 13.4. The van der Waals surface area contributed by atoms with Crippen molar-refractivity contribution in [2.75, 3.05) is 13.1 Å². The minimum Gasteiger partial charge on any atom is -0.389 e. The summed E-state index contributed by atoms with van der Waals surface area (Å²) in [4.78, 5) is 19.1. The number of piperidine rings is 1. The summed E-state index contributed by atoms with van der Waals surface area (Å²) in [5.74, 6) is -0.404. The highest BCUT2D eigenvalue weighted by Crippen LogP contribution is 2.27. The van der Waals surface area contributed by atoms with Gasteiger partial charge in [0.2, 0.25) is 5.13 Å². The SMILES string of the molecule is CCc1csc(-n2cc(C(=O)N3CCC(O)(Cc4cccc(F)c4)CC3)cn2)n1. The highest BCUT2D eigenvalue weighted by atomic mass is 32.1. The van der Waals surface area contributed by atoms with Gasteiger partial charge in [-0.3, -0.25) is 4.79 Å². The predicted molar refractivity (Wildman–Crippen MR) is 109 cm³/mol. The zero-order chi connectivity index (χ0) is 20.4. The van der Waals surface area contributed by atoms with Crippen molar-refractivity contribution >= 4 is 17.2 Å². The third kappa shape index (κ3) is 4.38. The molecule has 0 aliphatic carbocycles. The number of carbonyl (C=O) groups excluding carboxylic acids is 1. The van der Waals surface area contributed by atoms with E-state index in [0.29, 0.717) is 37.9 Å². The number of amides is 1. The fourth-order valence-corrected chi connectivity index (χ4v) is 4.45. The van der Waals surface area contributed by atoms with Crippen molar-refractivity contribution in [3.8, 4) is 5.13 Å². The maximum atomic E-state index is 13.4. The number of thiazole rings is 1. The Labute approximate surface area is 172 Å². The molecule has 0 spiro atoms. The van der Waals surface area contributed by atoms with Crippen molar-refractivity contribution in [1.29, 1.82) is 0 Å². The summed E-state index contributed by atoms with van der Waals surface area (Å²) in [5, 5.41) is 17.9. The summed E-state index contributed by atoms with van der Waals surface area (Å²) >= 11 is 1.49. The molecule has 1 amide bonds. The van der Waals surface area contributed by atoms with Gasteiger partial charge in [0.15, 0.2) is 0 Å². The molecule has 2 aromatic heterocycles. The Morgan fingerprint density at radius 1 is 1.34 bits per heavy atom. The molecule has 0 atom stereocenters. The predicted octanol–water partition coefficient (Wildman–Crippen LogP) is 3.24. The van der Waals surface area contributed by atoms with Crippen LogP contribution in [-0.4, -0.2) is 49.4 Å². The van der Waals surface area contributed by atoms with Crippen LogP contribution in [0.25, 0.3) is 5.13 Å². The van der Waals surface area contributed by atoms with Crippen molar-refractivity contribution in [2.45, 2.75) is 38.2 Å². The molecular formula is C21H23FN4O2S. The van der Waals surface area contributed by atoms with Gasteiger partial charge in [-0.05, 0) is 37.0 Å². The normalized spacial score (nSPS) is 16.2. The third-order valence-corrected chi connectivity index (χ3v) is 6.21. The number of rotatable bonds is 5. The summed E-state index contributed by atoms with van der Waals surface area (Å²) in [6.07, 6.45) is 5.41. The van der Waals surface area contributed by atoms with Gasteiger partial charge in [-0.2, -0.15) is 5.10 Å². The van der Waals surface area contributed by atoms with Crippen molar-refractivity contribution in [2.24, 2.45) is 0 Å². The molecule has 3 aromatic rings. The largest absolute Gasteiger partial charge is 0.389 e. The van der Waals surface area contributed by atoms with Gasteiger partial charge in [-0.25, -0.2) is 14.1 Å². The molecule has 3 heterocycles. The van der Waals surface area contributed by atoms with Crippen molar-refractivity contribution in [3.05, 3.63) is 64.7 Å². The lowest BCUT2D eigenvalue weighted by atomic mass is 9.85. The quantitative estimate of drug-likeness (QED) is 0.696. The molecule has 1 aliphatic heterocycles. The standard InChI is InChI=1S/C21H23FN4O2S/c1-2-18-14-29-20(24-18)26-13-16(12-23-26)19(27)25-8-6-21(28,7-9-25)11-15-4-3-5-17(22)10-15/h3-5,10,12-14,28H,2,6-9,11H2,1H3. The van der Waals surface area contributed by atoms with E-state index in [-0.39, 0.29) is 11.7 Å². The van der Waals surface area contributed by atoms with Crippen LogP contribution in [0.5, 0.6) is 0 Å². The van der Waals surface area contributed by atoms with Crippen LogP contribution in [-0.2, 0) is 12.8 Å². The molecule has 1 aromatic carbocycles. The number of hydrogen-bond acceptors (Lipinski definition) is 5. The molecule has 0 radical (unpaired) electrons. The number of likely N-dealkylation sites (tertiary alicyclic amines) is 1. The van der Waals surface area contributed by atoms with Crippen LogP contribution in [0.15, 0.2) is 42.0 Å². The number of benzene rings is 1. The Kier molecular flexibility index (Phi) is 5.47. The average molecular weight is 415 g/mol. The van der Waals surface area contributed by atoms with E-state index in [1.54, 1.807) is 28.0 Å². The molecule has 4 rings (SSSR count). The summed E-state index contributed by atoms with van der Waals surface area (Å²) in [6.45, 7) is 2.95. The van der Waals surface area contributed by atoms with Gasteiger partial charge in [0.25, 0.3) is 5.91 Å². The number of carbonyl (C=O) groups is 1. The molecule has 6 nitrogen and oxygen atoms in total. The zero-order valence-electron chi connectivity index (χ0n) is 16.2. The van der Waals surface area contributed by atoms with Crippen molar-refractivity contribution in [1.82, 2.24) is 19.7 Å². The van der Waals surface area contributed by atoms with E-state index >= 15 is 0 Å². The molecule has 29 heavy (non-hydrogen) atoms. The summed E-state index contributed by atoms with van der Waals surface area (Å²) in [6, 6.07) is 6.31. The van der Waals surface area contributed by atoms with Gasteiger partial charge < -0.3 is 10.0 Å². The molecule has 152 valence electrons. The van der Waals surface area contributed by atoms with Crippen LogP contribution < -0.4 is 0 Å². The van der Waals surface area contributed by atoms with E-state index in [4.69, 9.17) is 0 Å². The first kappa shape index (κ1) is 19.7. The maximum Gasteiger partial charge on any atom is 0.257 e. The van der Waals surface area contributed by atoms with Gasteiger partial charge in [0.1, 0.15) is 5.82 Å².